The van der Waals surface area contributed by atoms with E-state index in [0.717, 1.165) is 27.9 Å². The van der Waals surface area contributed by atoms with E-state index in [0.29, 0.717) is 6.54 Å². The SMILES string of the molecule is NCc1cccc(-c2[nH]ncc2-c2ccncc2)c1. The molecule has 0 spiro atoms. The van der Waals surface area contributed by atoms with Gasteiger partial charge in [-0.3, -0.25) is 10.1 Å². The minimum atomic E-state index is 0.534. The number of pyridine rings is 1. The van der Waals surface area contributed by atoms with E-state index in [1.807, 2.05) is 30.5 Å². The summed E-state index contributed by atoms with van der Waals surface area (Å²) in [6, 6.07) is 12.1. The van der Waals surface area contributed by atoms with E-state index >= 15 is 0 Å². The zero-order chi connectivity index (χ0) is 13.1. The number of nitrogens with two attached hydrogens (primary N) is 1. The Kier molecular flexibility index (Phi) is 3.08. The van der Waals surface area contributed by atoms with Gasteiger partial charge in [0.25, 0.3) is 0 Å². The average molecular weight is 250 g/mol. The molecule has 1 aromatic carbocycles. The van der Waals surface area contributed by atoms with E-state index in [9.17, 15) is 0 Å². The molecule has 3 N–H and O–H groups in total. The van der Waals surface area contributed by atoms with Crippen LogP contribution in [-0.2, 0) is 6.54 Å². The van der Waals surface area contributed by atoms with Gasteiger partial charge in [0.05, 0.1) is 11.9 Å². The lowest BCUT2D eigenvalue weighted by molar-refractivity contribution is 1.07. The van der Waals surface area contributed by atoms with E-state index in [1.54, 1.807) is 12.4 Å². The van der Waals surface area contributed by atoms with Crippen LogP contribution in [0.2, 0.25) is 0 Å². The summed E-state index contributed by atoms with van der Waals surface area (Å²) in [5, 5.41) is 7.21. The molecule has 0 bridgehead atoms. The Morgan fingerprint density at radius 3 is 2.68 bits per heavy atom. The Labute approximate surface area is 111 Å². The molecule has 0 fully saturated rings. The molecule has 2 aromatic heterocycles. The molecule has 0 radical (unpaired) electrons. The molecule has 0 atom stereocenters. The first-order valence-corrected chi connectivity index (χ1v) is 6.11. The number of aromatic nitrogens is 3. The van der Waals surface area contributed by atoms with Gasteiger partial charge in [-0.05, 0) is 29.3 Å². The maximum atomic E-state index is 5.69. The van der Waals surface area contributed by atoms with Gasteiger partial charge in [0.2, 0.25) is 0 Å². The highest BCUT2D eigenvalue weighted by Crippen LogP contribution is 2.29. The van der Waals surface area contributed by atoms with Gasteiger partial charge in [-0.1, -0.05) is 18.2 Å². The zero-order valence-corrected chi connectivity index (χ0v) is 10.4. The summed E-state index contributed by atoms with van der Waals surface area (Å²) in [4.78, 5) is 4.04. The van der Waals surface area contributed by atoms with Crippen LogP contribution in [0.15, 0.2) is 55.0 Å². The number of nitrogens with zero attached hydrogens (tertiary/aromatic N) is 2. The van der Waals surface area contributed by atoms with Crippen LogP contribution >= 0.6 is 0 Å². The van der Waals surface area contributed by atoms with Crippen molar-refractivity contribution < 1.29 is 0 Å². The van der Waals surface area contributed by atoms with Gasteiger partial charge < -0.3 is 5.73 Å². The van der Waals surface area contributed by atoms with Gasteiger partial charge in [-0.25, -0.2) is 0 Å². The Hall–Kier alpha value is -2.46. The summed E-state index contributed by atoms with van der Waals surface area (Å²) in [5.74, 6) is 0. The lowest BCUT2D eigenvalue weighted by atomic mass is 10.0. The maximum Gasteiger partial charge on any atom is 0.0728 e. The molecule has 4 nitrogen and oxygen atoms in total. The topological polar surface area (TPSA) is 67.6 Å². The molecule has 3 aromatic rings. The predicted octanol–water partition coefficient (Wildman–Crippen LogP) is 2.60. The van der Waals surface area contributed by atoms with E-state index in [2.05, 4.69) is 27.3 Å². The number of H-pyrrole nitrogens is 1. The maximum absolute atomic E-state index is 5.69. The largest absolute Gasteiger partial charge is 0.326 e. The summed E-state index contributed by atoms with van der Waals surface area (Å²) in [7, 11) is 0. The molecule has 0 aliphatic heterocycles. The van der Waals surface area contributed by atoms with Gasteiger partial charge in [0, 0.05) is 30.1 Å². The van der Waals surface area contributed by atoms with Crippen LogP contribution in [0.1, 0.15) is 5.56 Å². The Morgan fingerprint density at radius 2 is 1.89 bits per heavy atom. The first-order chi connectivity index (χ1) is 9.38. The molecular formula is C15H14N4. The van der Waals surface area contributed by atoms with E-state index in [4.69, 9.17) is 5.73 Å². The smallest absolute Gasteiger partial charge is 0.0728 e. The van der Waals surface area contributed by atoms with Crippen LogP contribution in [-0.4, -0.2) is 15.2 Å². The number of nitrogens with one attached hydrogen (secondary N) is 1. The quantitative estimate of drug-likeness (QED) is 0.750. The molecule has 94 valence electrons. The number of hydrogen-bond acceptors (Lipinski definition) is 3. The minimum absolute atomic E-state index is 0.534. The van der Waals surface area contributed by atoms with E-state index < -0.39 is 0 Å². The van der Waals surface area contributed by atoms with E-state index in [-0.39, 0.29) is 0 Å². The fourth-order valence-electron chi connectivity index (χ4n) is 2.11. The van der Waals surface area contributed by atoms with Crippen molar-refractivity contribution in [1.82, 2.24) is 15.2 Å². The first kappa shape index (κ1) is 11.6. The van der Waals surface area contributed by atoms with Gasteiger partial charge >= 0.3 is 0 Å². The zero-order valence-electron chi connectivity index (χ0n) is 10.4. The minimum Gasteiger partial charge on any atom is -0.326 e. The molecule has 19 heavy (non-hydrogen) atoms. The molecule has 0 amide bonds. The molecule has 3 rings (SSSR count). The molecule has 0 aliphatic rings. The second-order valence-corrected chi connectivity index (χ2v) is 4.30. The Balaban J connectivity index is 2.09. The molecule has 0 saturated carbocycles. The highest BCUT2D eigenvalue weighted by Gasteiger charge is 2.09. The molecule has 0 unspecified atom stereocenters. The van der Waals surface area contributed by atoms with Crippen molar-refractivity contribution in [2.45, 2.75) is 6.54 Å². The monoisotopic (exact) mass is 250 g/mol. The number of hydrogen-bond donors (Lipinski definition) is 2. The summed E-state index contributed by atoms with van der Waals surface area (Å²) in [5.41, 5.74) is 11.0. The lowest BCUT2D eigenvalue weighted by Gasteiger charge is -2.05. The van der Waals surface area contributed by atoms with Crippen LogP contribution < -0.4 is 5.73 Å². The third-order valence-electron chi connectivity index (χ3n) is 3.08. The second-order valence-electron chi connectivity index (χ2n) is 4.30. The van der Waals surface area contributed by atoms with Gasteiger partial charge in [-0.15, -0.1) is 0 Å². The van der Waals surface area contributed by atoms with Gasteiger partial charge in [0.15, 0.2) is 0 Å². The van der Waals surface area contributed by atoms with Crippen molar-refractivity contribution in [2.24, 2.45) is 5.73 Å². The summed E-state index contributed by atoms with van der Waals surface area (Å²) in [6.07, 6.45) is 5.39. The van der Waals surface area contributed by atoms with E-state index in [1.165, 1.54) is 0 Å². The summed E-state index contributed by atoms with van der Waals surface area (Å²) < 4.78 is 0. The molecular weight excluding hydrogens is 236 g/mol. The Morgan fingerprint density at radius 1 is 1.05 bits per heavy atom. The molecule has 0 aliphatic carbocycles. The van der Waals surface area contributed by atoms with Crippen LogP contribution in [0.4, 0.5) is 0 Å². The third kappa shape index (κ3) is 2.26. The standard InChI is InChI=1S/C15H14N4/c16-9-11-2-1-3-13(8-11)15-14(10-18-19-15)12-4-6-17-7-5-12/h1-8,10H,9,16H2,(H,18,19). The molecule has 0 saturated heterocycles. The van der Waals surface area contributed by atoms with Crippen molar-refractivity contribution in [2.75, 3.05) is 0 Å². The van der Waals surface area contributed by atoms with Crippen LogP contribution in [0, 0.1) is 0 Å². The number of rotatable bonds is 3. The fraction of sp³-hybridized carbons (Fsp3) is 0.0667. The number of aromatic amines is 1. The average Bonchev–Trinajstić information content (AvgIpc) is 2.98. The predicted molar refractivity (Wildman–Crippen MR) is 75.1 cm³/mol. The molecule has 4 heteroatoms. The summed E-state index contributed by atoms with van der Waals surface area (Å²) in [6.45, 7) is 0.534. The normalized spacial score (nSPS) is 10.6. The lowest BCUT2D eigenvalue weighted by Crippen LogP contribution is -1.96. The first-order valence-electron chi connectivity index (χ1n) is 6.11. The second kappa shape index (κ2) is 5.04. The van der Waals surface area contributed by atoms with Crippen LogP contribution in [0.5, 0.6) is 0 Å². The van der Waals surface area contributed by atoms with Crippen molar-refractivity contribution >= 4 is 0 Å². The fourth-order valence-corrected chi connectivity index (χ4v) is 2.11. The third-order valence-corrected chi connectivity index (χ3v) is 3.08. The van der Waals surface area contributed by atoms with Gasteiger partial charge in [0.1, 0.15) is 0 Å². The van der Waals surface area contributed by atoms with Crippen molar-refractivity contribution in [3.63, 3.8) is 0 Å². The van der Waals surface area contributed by atoms with Crippen molar-refractivity contribution in [3.05, 3.63) is 60.6 Å². The highest BCUT2D eigenvalue weighted by atomic mass is 15.1. The van der Waals surface area contributed by atoms with Crippen LogP contribution in [0.3, 0.4) is 0 Å². The van der Waals surface area contributed by atoms with Crippen molar-refractivity contribution in [3.8, 4) is 22.4 Å². The van der Waals surface area contributed by atoms with Crippen molar-refractivity contribution in [1.29, 1.82) is 0 Å². The number of benzene rings is 1. The van der Waals surface area contributed by atoms with Gasteiger partial charge in [-0.2, -0.15) is 5.10 Å². The highest BCUT2D eigenvalue weighted by molar-refractivity contribution is 5.80. The Bertz CT molecular complexity index is 673. The summed E-state index contributed by atoms with van der Waals surface area (Å²) >= 11 is 0. The molecule has 2 heterocycles. The van der Waals surface area contributed by atoms with Crippen LogP contribution in [0.25, 0.3) is 22.4 Å².